The number of fused-ring (bicyclic) bond motifs is 1. The summed E-state index contributed by atoms with van der Waals surface area (Å²) in [6.45, 7) is -0.674. The Kier molecular flexibility index (Phi) is 4.30. The quantitative estimate of drug-likeness (QED) is 0.874. The van der Waals surface area contributed by atoms with E-state index in [1.54, 1.807) is 12.1 Å². The van der Waals surface area contributed by atoms with Crippen molar-refractivity contribution in [3.8, 4) is 5.75 Å². The first kappa shape index (κ1) is 14.2. The summed E-state index contributed by atoms with van der Waals surface area (Å²) in [4.78, 5) is 0. The van der Waals surface area contributed by atoms with E-state index in [0.717, 1.165) is 11.3 Å². The molecule has 0 saturated heterocycles. The molecule has 0 unspecified atom stereocenters. The molecule has 0 amide bonds. The molecule has 6 heteroatoms. The number of nitrogens with two attached hydrogens (primary N) is 1. The average molecular weight is 266 g/mol. The number of rotatable bonds is 3. The van der Waals surface area contributed by atoms with Crippen molar-refractivity contribution in [2.24, 2.45) is 5.73 Å². The van der Waals surface area contributed by atoms with Crippen molar-refractivity contribution >= 4 is 12.4 Å². The van der Waals surface area contributed by atoms with Gasteiger partial charge < -0.3 is 15.6 Å². The lowest BCUT2D eigenvalue weighted by Gasteiger charge is -2.22. The van der Waals surface area contributed by atoms with Crippen molar-refractivity contribution in [1.29, 1.82) is 0 Å². The molecule has 3 nitrogen and oxygen atoms in total. The second-order valence-corrected chi connectivity index (χ2v) is 3.86. The number of halogens is 3. The molecule has 0 spiro atoms. The zero-order chi connectivity index (χ0) is 11.8. The van der Waals surface area contributed by atoms with Crippen molar-refractivity contribution in [3.63, 3.8) is 0 Å². The number of ether oxygens (including phenoxy) is 1. The number of aliphatic hydroxyl groups is 1. The van der Waals surface area contributed by atoms with E-state index in [0.29, 0.717) is 18.6 Å². The first-order chi connectivity index (χ1) is 7.54. The van der Waals surface area contributed by atoms with Crippen LogP contribution in [0.15, 0.2) is 18.2 Å². The van der Waals surface area contributed by atoms with Crippen LogP contribution >= 0.6 is 12.4 Å². The molecule has 0 radical (unpaired) electrons. The smallest absolute Gasteiger partial charge is 0.289 e. The van der Waals surface area contributed by atoms with Gasteiger partial charge in [-0.3, -0.25) is 0 Å². The van der Waals surface area contributed by atoms with Gasteiger partial charge in [0.05, 0.1) is 12.6 Å². The van der Waals surface area contributed by atoms with Gasteiger partial charge in [0.1, 0.15) is 12.4 Å². The topological polar surface area (TPSA) is 55.5 Å². The van der Waals surface area contributed by atoms with Crippen LogP contribution in [0.2, 0.25) is 0 Å². The Balaban J connectivity index is 0.00000144. The van der Waals surface area contributed by atoms with E-state index in [2.05, 4.69) is 0 Å². The maximum Gasteiger partial charge on any atom is 0.289 e. The Hall–Kier alpha value is -0.910. The molecule has 3 N–H and O–H groups in total. The maximum absolute atomic E-state index is 13.2. The summed E-state index contributed by atoms with van der Waals surface area (Å²) < 4.78 is 31.6. The van der Waals surface area contributed by atoms with Gasteiger partial charge in [-0.15, -0.1) is 12.4 Å². The van der Waals surface area contributed by atoms with Gasteiger partial charge in [0.15, 0.2) is 0 Å². The lowest BCUT2D eigenvalue weighted by Crippen LogP contribution is -2.36. The Morgan fingerprint density at radius 3 is 2.82 bits per heavy atom. The summed E-state index contributed by atoms with van der Waals surface area (Å²) in [5.74, 6) is -2.57. The van der Waals surface area contributed by atoms with E-state index >= 15 is 0 Å². The van der Waals surface area contributed by atoms with Crippen LogP contribution in [0.4, 0.5) is 8.78 Å². The molecule has 0 fully saturated rings. The molecule has 0 bridgehead atoms. The molecule has 96 valence electrons. The Bertz CT molecular complexity index is 401. The number of aliphatic hydroxyl groups excluding tert-OH is 1. The van der Waals surface area contributed by atoms with Gasteiger partial charge in [-0.1, -0.05) is 12.1 Å². The maximum atomic E-state index is 13.2. The summed E-state index contributed by atoms with van der Waals surface area (Å²) in [5, 5.41) is 8.56. The Morgan fingerprint density at radius 1 is 1.47 bits per heavy atom. The third-order valence-corrected chi connectivity index (χ3v) is 2.74. The first-order valence-electron chi connectivity index (χ1n) is 5.04. The van der Waals surface area contributed by atoms with E-state index in [1.807, 2.05) is 0 Å². The molecule has 2 rings (SSSR count). The molecule has 0 aliphatic carbocycles. The van der Waals surface area contributed by atoms with Crippen LogP contribution in [0.3, 0.4) is 0 Å². The van der Waals surface area contributed by atoms with Crippen molar-refractivity contribution in [2.75, 3.05) is 13.2 Å². The summed E-state index contributed by atoms with van der Waals surface area (Å²) in [6, 6.07) is 3.29. The zero-order valence-corrected chi connectivity index (χ0v) is 9.84. The zero-order valence-electron chi connectivity index (χ0n) is 9.03. The first-order valence-corrected chi connectivity index (χ1v) is 5.04. The molecule has 1 aliphatic rings. The minimum atomic E-state index is -3.30. The highest BCUT2D eigenvalue weighted by Gasteiger charge is 2.37. The summed E-state index contributed by atoms with van der Waals surface area (Å²) in [5.41, 5.74) is 6.64. The van der Waals surface area contributed by atoms with Crippen LogP contribution in [0.5, 0.6) is 5.75 Å². The van der Waals surface area contributed by atoms with Crippen LogP contribution in [0.1, 0.15) is 17.2 Å². The van der Waals surface area contributed by atoms with E-state index in [9.17, 15) is 8.78 Å². The molecule has 1 heterocycles. The third-order valence-electron chi connectivity index (χ3n) is 2.74. The predicted octanol–water partition coefficient (Wildman–Crippen LogP) is 1.67. The molecule has 0 aromatic heterocycles. The van der Waals surface area contributed by atoms with Crippen molar-refractivity contribution in [3.05, 3.63) is 29.3 Å². The second kappa shape index (κ2) is 5.16. The minimum Gasteiger partial charge on any atom is -0.493 e. The third kappa shape index (κ3) is 2.68. The summed E-state index contributed by atoms with van der Waals surface area (Å²) in [6.07, 6.45) is 0.709. The van der Waals surface area contributed by atoms with Gasteiger partial charge in [0.25, 0.3) is 5.92 Å². The predicted molar refractivity (Wildman–Crippen MR) is 61.9 cm³/mol. The highest BCUT2D eigenvalue weighted by Crippen LogP contribution is 2.33. The fourth-order valence-electron chi connectivity index (χ4n) is 1.74. The lowest BCUT2D eigenvalue weighted by molar-refractivity contribution is -0.0711. The standard InChI is InChI=1S/C11H13F2NO2.ClH/c12-11(13,6-15)10(14)8-1-2-9-7(5-8)3-4-16-9;/h1-2,5,10,15H,3-4,6,14H2;1H/t10-;/m1./s1. The molecule has 1 aliphatic heterocycles. The molecular weight excluding hydrogens is 252 g/mol. The fourth-order valence-corrected chi connectivity index (χ4v) is 1.74. The highest BCUT2D eigenvalue weighted by molar-refractivity contribution is 5.85. The molecular formula is C11H14ClF2NO2. The molecule has 1 aromatic rings. The van der Waals surface area contributed by atoms with E-state index in [4.69, 9.17) is 15.6 Å². The van der Waals surface area contributed by atoms with E-state index in [-0.39, 0.29) is 12.4 Å². The molecule has 1 atom stereocenters. The number of benzene rings is 1. The van der Waals surface area contributed by atoms with E-state index in [1.165, 1.54) is 6.07 Å². The van der Waals surface area contributed by atoms with Gasteiger partial charge >= 0.3 is 0 Å². The normalized spacial score (nSPS) is 15.8. The van der Waals surface area contributed by atoms with Crippen LogP contribution in [-0.4, -0.2) is 24.2 Å². The molecule has 0 saturated carbocycles. The van der Waals surface area contributed by atoms with Gasteiger partial charge in [0, 0.05) is 6.42 Å². The average Bonchev–Trinajstić information content (AvgIpc) is 2.74. The Morgan fingerprint density at radius 2 is 2.18 bits per heavy atom. The molecule has 17 heavy (non-hydrogen) atoms. The minimum absolute atomic E-state index is 0. The molecule has 1 aromatic carbocycles. The lowest BCUT2D eigenvalue weighted by atomic mass is 9.99. The van der Waals surface area contributed by atoms with Crippen molar-refractivity contribution in [2.45, 2.75) is 18.4 Å². The highest BCUT2D eigenvalue weighted by atomic mass is 35.5. The monoisotopic (exact) mass is 265 g/mol. The number of hydrogen-bond acceptors (Lipinski definition) is 3. The van der Waals surface area contributed by atoms with Crippen molar-refractivity contribution in [1.82, 2.24) is 0 Å². The largest absolute Gasteiger partial charge is 0.493 e. The second-order valence-electron chi connectivity index (χ2n) is 3.86. The fraction of sp³-hybridized carbons (Fsp3) is 0.455. The SMILES string of the molecule is Cl.N[C@H](c1ccc2c(c1)CCO2)C(F)(F)CO. The van der Waals surface area contributed by atoms with Gasteiger partial charge in [-0.25, -0.2) is 8.78 Å². The summed E-state index contributed by atoms with van der Waals surface area (Å²) in [7, 11) is 0. The van der Waals surface area contributed by atoms with Crippen molar-refractivity contribution < 1.29 is 18.6 Å². The van der Waals surface area contributed by atoms with E-state index < -0.39 is 18.6 Å². The number of hydrogen-bond donors (Lipinski definition) is 2. The van der Waals surface area contributed by atoms with Crippen LogP contribution in [0.25, 0.3) is 0 Å². The van der Waals surface area contributed by atoms with Gasteiger partial charge in [-0.05, 0) is 17.2 Å². The van der Waals surface area contributed by atoms with Gasteiger partial charge in [0.2, 0.25) is 0 Å². The summed E-state index contributed by atoms with van der Waals surface area (Å²) >= 11 is 0. The van der Waals surface area contributed by atoms with Gasteiger partial charge in [-0.2, -0.15) is 0 Å². The van der Waals surface area contributed by atoms with Crippen LogP contribution < -0.4 is 10.5 Å². The number of alkyl halides is 2. The van der Waals surface area contributed by atoms with Crippen LogP contribution in [0, 0.1) is 0 Å². The van der Waals surface area contributed by atoms with Crippen LogP contribution in [-0.2, 0) is 6.42 Å². The Labute approximate surface area is 104 Å².